The van der Waals surface area contributed by atoms with Gasteiger partial charge < -0.3 is 10.5 Å². The Balaban J connectivity index is 2.65. The quantitative estimate of drug-likeness (QED) is 0.905. The van der Waals surface area contributed by atoms with Crippen molar-refractivity contribution in [1.82, 2.24) is 0 Å². The normalized spacial score (nSPS) is 18.4. The van der Waals surface area contributed by atoms with Crippen molar-refractivity contribution in [2.24, 2.45) is 5.73 Å². The lowest BCUT2D eigenvalue weighted by molar-refractivity contribution is 0.362. The first kappa shape index (κ1) is 12.8. The molecule has 1 fully saturated rings. The predicted octanol–water partition coefficient (Wildman–Crippen LogP) is 3.63. The molecule has 1 aliphatic rings. The summed E-state index contributed by atoms with van der Waals surface area (Å²) in [5.41, 5.74) is 7.22. The van der Waals surface area contributed by atoms with Crippen LogP contribution in [0.5, 0.6) is 5.75 Å². The highest BCUT2D eigenvalue weighted by molar-refractivity contribution is 9.10. The maximum atomic E-state index is 14.3. The minimum atomic E-state index is -0.579. The molecule has 0 atom stereocenters. The first-order chi connectivity index (χ1) is 7.99. The standard InChI is InChI=1S/C13H17BrFNO/c1-8-7-9(14)11(15)10(12(8)17-2)13(16)5-3-4-6-13/h7H,3-6,16H2,1-2H3. The Morgan fingerprint density at radius 1 is 1.41 bits per heavy atom. The summed E-state index contributed by atoms with van der Waals surface area (Å²) in [6.07, 6.45) is 3.72. The summed E-state index contributed by atoms with van der Waals surface area (Å²) in [7, 11) is 1.57. The highest BCUT2D eigenvalue weighted by atomic mass is 79.9. The van der Waals surface area contributed by atoms with Gasteiger partial charge >= 0.3 is 0 Å². The molecular weight excluding hydrogens is 285 g/mol. The largest absolute Gasteiger partial charge is 0.496 e. The third-order valence-corrected chi connectivity index (χ3v) is 4.13. The van der Waals surface area contributed by atoms with E-state index in [4.69, 9.17) is 10.5 Å². The molecule has 0 aromatic heterocycles. The summed E-state index contributed by atoms with van der Waals surface area (Å²) in [5.74, 6) is 0.312. The van der Waals surface area contributed by atoms with Gasteiger partial charge in [-0.15, -0.1) is 0 Å². The van der Waals surface area contributed by atoms with Crippen molar-refractivity contribution < 1.29 is 9.13 Å². The number of nitrogens with two attached hydrogens (primary N) is 1. The fourth-order valence-electron chi connectivity index (χ4n) is 2.70. The zero-order chi connectivity index (χ0) is 12.6. The second-order valence-corrected chi connectivity index (χ2v) is 5.62. The summed E-state index contributed by atoms with van der Waals surface area (Å²) in [4.78, 5) is 0. The summed E-state index contributed by atoms with van der Waals surface area (Å²) < 4.78 is 20.1. The molecule has 2 nitrogen and oxygen atoms in total. The Morgan fingerprint density at radius 3 is 2.53 bits per heavy atom. The topological polar surface area (TPSA) is 35.2 Å². The SMILES string of the molecule is COc1c(C)cc(Br)c(F)c1C1(N)CCCC1. The zero-order valence-corrected chi connectivity index (χ0v) is 11.7. The van der Waals surface area contributed by atoms with Gasteiger partial charge in [-0.05, 0) is 47.3 Å². The Morgan fingerprint density at radius 2 is 2.00 bits per heavy atom. The van der Waals surface area contributed by atoms with Crippen molar-refractivity contribution in [1.29, 1.82) is 0 Å². The summed E-state index contributed by atoms with van der Waals surface area (Å²) in [6.45, 7) is 1.91. The maximum Gasteiger partial charge on any atom is 0.146 e. The van der Waals surface area contributed by atoms with E-state index in [9.17, 15) is 4.39 Å². The van der Waals surface area contributed by atoms with E-state index < -0.39 is 5.54 Å². The second-order valence-electron chi connectivity index (χ2n) is 4.76. The highest BCUT2D eigenvalue weighted by Gasteiger charge is 2.37. The van der Waals surface area contributed by atoms with Crippen LogP contribution in [0.1, 0.15) is 36.8 Å². The van der Waals surface area contributed by atoms with Crippen LogP contribution in [0.4, 0.5) is 4.39 Å². The van der Waals surface area contributed by atoms with E-state index in [0.717, 1.165) is 31.2 Å². The number of benzene rings is 1. The highest BCUT2D eigenvalue weighted by Crippen LogP contribution is 2.44. The molecule has 0 saturated heterocycles. The van der Waals surface area contributed by atoms with Crippen molar-refractivity contribution in [3.63, 3.8) is 0 Å². The average molecular weight is 302 g/mol. The number of hydrogen-bond acceptors (Lipinski definition) is 2. The molecule has 0 spiro atoms. The van der Waals surface area contributed by atoms with Crippen LogP contribution in [-0.2, 0) is 5.54 Å². The minimum absolute atomic E-state index is 0.281. The molecule has 94 valence electrons. The van der Waals surface area contributed by atoms with E-state index in [-0.39, 0.29) is 5.82 Å². The third-order valence-electron chi connectivity index (χ3n) is 3.56. The smallest absolute Gasteiger partial charge is 0.146 e. The molecule has 0 aliphatic heterocycles. The fourth-order valence-corrected chi connectivity index (χ4v) is 3.24. The first-order valence-corrected chi connectivity index (χ1v) is 6.61. The molecule has 4 heteroatoms. The van der Waals surface area contributed by atoms with Crippen LogP contribution in [0.3, 0.4) is 0 Å². The van der Waals surface area contributed by atoms with Crippen LogP contribution in [0.2, 0.25) is 0 Å². The molecule has 17 heavy (non-hydrogen) atoms. The second kappa shape index (κ2) is 4.58. The summed E-state index contributed by atoms with van der Waals surface area (Å²) in [6, 6.07) is 1.73. The fraction of sp³-hybridized carbons (Fsp3) is 0.538. The van der Waals surface area contributed by atoms with Gasteiger partial charge in [-0.25, -0.2) is 4.39 Å². The molecule has 1 aromatic rings. The molecule has 1 saturated carbocycles. The number of ether oxygens (including phenoxy) is 1. The Labute approximate surface area is 109 Å². The van der Waals surface area contributed by atoms with Gasteiger partial charge in [0, 0.05) is 5.54 Å². The van der Waals surface area contributed by atoms with Crippen molar-refractivity contribution in [3.8, 4) is 5.75 Å². The number of halogens is 2. The monoisotopic (exact) mass is 301 g/mol. The first-order valence-electron chi connectivity index (χ1n) is 5.81. The lowest BCUT2D eigenvalue weighted by Gasteiger charge is -2.28. The predicted molar refractivity (Wildman–Crippen MR) is 69.7 cm³/mol. The van der Waals surface area contributed by atoms with E-state index >= 15 is 0 Å². The van der Waals surface area contributed by atoms with Gasteiger partial charge in [-0.3, -0.25) is 0 Å². The zero-order valence-electron chi connectivity index (χ0n) is 10.1. The molecular formula is C13H17BrFNO. The molecule has 0 bridgehead atoms. The van der Waals surface area contributed by atoms with Gasteiger partial charge in [0.15, 0.2) is 0 Å². The molecule has 0 unspecified atom stereocenters. The van der Waals surface area contributed by atoms with Gasteiger partial charge in [0.05, 0.1) is 17.1 Å². The molecule has 1 aliphatic carbocycles. The van der Waals surface area contributed by atoms with Crippen molar-refractivity contribution >= 4 is 15.9 Å². The number of rotatable bonds is 2. The van der Waals surface area contributed by atoms with E-state index in [1.165, 1.54) is 0 Å². The van der Waals surface area contributed by atoms with E-state index in [1.54, 1.807) is 13.2 Å². The van der Waals surface area contributed by atoms with E-state index in [0.29, 0.717) is 15.8 Å². The van der Waals surface area contributed by atoms with Crippen LogP contribution in [0.25, 0.3) is 0 Å². The van der Waals surface area contributed by atoms with Crippen LogP contribution < -0.4 is 10.5 Å². The molecule has 0 radical (unpaired) electrons. The Hall–Kier alpha value is -0.610. The number of hydrogen-bond donors (Lipinski definition) is 1. The lowest BCUT2D eigenvalue weighted by Crippen LogP contribution is -2.35. The van der Waals surface area contributed by atoms with Gasteiger partial charge in [-0.1, -0.05) is 12.8 Å². The van der Waals surface area contributed by atoms with Crippen LogP contribution in [0, 0.1) is 12.7 Å². The molecule has 0 heterocycles. The molecule has 2 N–H and O–H groups in total. The van der Waals surface area contributed by atoms with Crippen molar-refractivity contribution in [2.45, 2.75) is 38.1 Å². The average Bonchev–Trinajstić information content (AvgIpc) is 2.71. The van der Waals surface area contributed by atoms with Crippen LogP contribution in [-0.4, -0.2) is 7.11 Å². The molecule has 0 amide bonds. The molecule has 1 aromatic carbocycles. The van der Waals surface area contributed by atoms with Crippen LogP contribution in [0.15, 0.2) is 10.5 Å². The van der Waals surface area contributed by atoms with Gasteiger partial charge in [-0.2, -0.15) is 0 Å². The third kappa shape index (κ3) is 2.08. The molecule has 2 rings (SSSR count). The van der Waals surface area contributed by atoms with Crippen LogP contribution >= 0.6 is 15.9 Å². The number of aryl methyl sites for hydroxylation is 1. The van der Waals surface area contributed by atoms with Gasteiger partial charge in [0.2, 0.25) is 0 Å². The van der Waals surface area contributed by atoms with Gasteiger partial charge in [0.1, 0.15) is 11.6 Å². The Kier molecular flexibility index (Phi) is 3.46. The van der Waals surface area contributed by atoms with Crippen molar-refractivity contribution in [2.75, 3.05) is 7.11 Å². The summed E-state index contributed by atoms with van der Waals surface area (Å²) >= 11 is 3.25. The Bertz CT molecular complexity index is 442. The number of methoxy groups -OCH3 is 1. The summed E-state index contributed by atoms with van der Waals surface area (Å²) in [5, 5.41) is 0. The van der Waals surface area contributed by atoms with Gasteiger partial charge in [0.25, 0.3) is 0 Å². The lowest BCUT2D eigenvalue weighted by atomic mass is 9.87. The minimum Gasteiger partial charge on any atom is -0.496 e. The van der Waals surface area contributed by atoms with E-state index in [2.05, 4.69) is 15.9 Å². The van der Waals surface area contributed by atoms with E-state index in [1.807, 2.05) is 6.92 Å². The maximum absolute atomic E-state index is 14.3. The van der Waals surface area contributed by atoms with Crippen molar-refractivity contribution in [3.05, 3.63) is 27.5 Å².